The monoisotopic (exact) mass is 289 g/mol. The Morgan fingerprint density at radius 3 is 2.45 bits per heavy atom. The summed E-state index contributed by atoms with van der Waals surface area (Å²) in [6, 6.07) is 15.9. The third-order valence-electron chi connectivity index (χ3n) is 2.71. The van der Waals surface area contributed by atoms with Gasteiger partial charge in [-0.2, -0.15) is 11.8 Å². The molecule has 0 fully saturated rings. The lowest BCUT2D eigenvalue weighted by molar-refractivity contribution is -0.115. The first-order chi connectivity index (χ1) is 9.74. The van der Waals surface area contributed by atoms with Crippen LogP contribution in [-0.4, -0.2) is 11.7 Å². The van der Waals surface area contributed by atoms with E-state index in [0.717, 1.165) is 22.8 Å². The Morgan fingerprint density at radius 1 is 1.05 bits per heavy atom. The van der Waals surface area contributed by atoms with Crippen LogP contribution in [0.3, 0.4) is 0 Å². The van der Waals surface area contributed by atoms with Crippen LogP contribution in [0.1, 0.15) is 12.0 Å². The largest absolute Gasteiger partial charge is 0.326 e. The zero-order chi connectivity index (χ0) is 14.2. The number of nitrogens with one attached hydrogen (secondary N) is 1. The summed E-state index contributed by atoms with van der Waals surface area (Å²) in [6.07, 6.45) is 0.473. The highest BCUT2D eigenvalue weighted by Crippen LogP contribution is 2.14. The molecule has 104 valence electrons. The smallest absolute Gasteiger partial charge is 0.225 e. The van der Waals surface area contributed by atoms with Gasteiger partial charge in [0, 0.05) is 23.6 Å². The Hall–Kier alpha value is -1.81. The number of anilines is 1. The lowest BCUT2D eigenvalue weighted by Gasteiger charge is -2.05. The summed E-state index contributed by atoms with van der Waals surface area (Å²) in [5, 5.41) is 2.85. The fourth-order valence-electron chi connectivity index (χ4n) is 1.68. The topological polar surface area (TPSA) is 29.1 Å². The lowest BCUT2D eigenvalue weighted by Crippen LogP contribution is -2.11. The molecular weight excluding hydrogens is 273 g/mol. The zero-order valence-corrected chi connectivity index (χ0v) is 11.8. The second-order valence-corrected chi connectivity index (χ2v) is 5.45. The van der Waals surface area contributed by atoms with Gasteiger partial charge in [-0.1, -0.05) is 30.3 Å². The molecule has 0 heterocycles. The second-order valence-electron chi connectivity index (χ2n) is 4.34. The molecule has 0 aliphatic rings. The number of thioether (sulfide) groups is 1. The van der Waals surface area contributed by atoms with Crippen LogP contribution in [0.15, 0.2) is 54.6 Å². The molecule has 1 amide bonds. The van der Waals surface area contributed by atoms with Crippen LogP contribution in [0.25, 0.3) is 0 Å². The number of halogens is 1. The third-order valence-corrected chi connectivity index (χ3v) is 3.74. The maximum atomic E-state index is 12.7. The molecule has 4 heteroatoms. The minimum atomic E-state index is -0.221. The van der Waals surface area contributed by atoms with Gasteiger partial charge in [-0.25, -0.2) is 4.39 Å². The number of hydrogen-bond acceptors (Lipinski definition) is 2. The molecule has 0 unspecified atom stereocenters. The molecule has 2 aromatic rings. The van der Waals surface area contributed by atoms with Crippen molar-refractivity contribution < 1.29 is 9.18 Å². The fraction of sp³-hybridized carbons (Fsp3) is 0.188. The third kappa shape index (κ3) is 5.05. The molecule has 2 rings (SSSR count). The first-order valence-electron chi connectivity index (χ1n) is 6.41. The van der Waals surface area contributed by atoms with E-state index >= 15 is 0 Å². The Kier molecular flexibility index (Phi) is 5.62. The average molecular weight is 289 g/mol. The Morgan fingerprint density at radius 2 is 1.75 bits per heavy atom. The van der Waals surface area contributed by atoms with Gasteiger partial charge >= 0.3 is 0 Å². The molecule has 0 aliphatic heterocycles. The van der Waals surface area contributed by atoms with E-state index in [4.69, 9.17) is 0 Å². The molecule has 2 aromatic carbocycles. The molecule has 0 spiro atoms. The van der Waals surface area contributed by atoms with Crippen molar-refractivity contribution in [3.63, 3.8) is 0 Å². The quantitative estimate of drug-likeness (QED) is 0.812. The zero-order valence-electron chi connectivity index (χ0n) is 11.0. The maximum absolute atomic E-state index is 12.7. The first kappa shape index (κ1) is 14.6. The molecule has 2 nitrogen and oxygen atoms in total. The number of hydrogen-bond donors (Lipinski definition) is 1. The van der Waals surface area contributed by atoms with E-state index < -0.39 is 0 Å². The van der Waals surface area contributed by atoms with Crippen LogP contribution in [0.5, 0.6) is 0 Å². The number of amides is 1. The van der Waals surface area contributed by atoms with Crippen LogP contribution in [-0.2, 0) is 10.5 Å². The van der Waals surface area contributed by atoms with Gasteiger partial charge in [0.05, 0.1) is 0 Å². The van der Waals surface area contributed by atoms with Crippen LogP contribution < -0.4 is 5.32 Å². The molecule has 0 aromatic heterocycles. The molecule has 0 saturated carbocycles. The van der Waals surface area contributed by atoms with Crippen LogP contribution >= 0.6 is 11.8 Å². The summed E-state index contributed by atoms with van der Waals surface area (Å²) in [6.45, 7) is 0. The summed E-state index contributed by atoms with van der Waals surface area (Å²) in [5.74, 6) is 1.33. The highest BCUT2D eigenvalue weighted by atomic mass is 32.2. The summed E-state index contributed by atoms with van der Waals surface area (Å²) < 4.78 is 12.7. The van der Waals surface area contributed by atoms with E-state index in [9.17, 15) is 9.18 Å². The van der Waals surface area contributed by atoms with Gasteiger partial charge in [-0.3, -0.25) is 4.79 Å². The molecule has 0 aliphatic carbocycles. The van der Waals surface area contributed by atoms with Crippen LogP contribution in [0.4, 0.5) is 10.1 Å². The van der Waals surface area contributed by atoms with Gasteiger partial charge in [0.1, 0.15) is 5.82 Å². The van der Waals surface area contributed by atoms with E-state index in [2.05, 4.69) is 5.32 Å². The van der Waals surface area contributed by atoms with Crippen molar-refractivity contribution in [3.8, 4) is 0 Å². The predicted molar refractivity (Wildman–Crippen MR) is 82.3 cm³/mol. The molecule has 0 bridgehead atoms. The van der Waals surface area contributed by atoms with E-state index in [1.165, 1.54) is 12.1 Å². The Balaban J connectivity index is 1.66. The van der Waals surface area contributed by atoms with Gasteiger partial charge in [0.2, 0.25) is 5.91 Å². The van der Waals surface area contributed by atoms with Crippen molar-refractivity contribution >= 4 is 23.4 Å². The van der Waals surface area contributed by atoms with Crippen molar-refractivity contribution in [2.45, 2.75) is 12.2 Å². The van der Waals surface area contributed by atoms with E-state index in [1.54, 1.807) is 23.9 Å². The number of benzene rings is 2. The Labute approximate surface area is 122 Å². The summed E-state index contributed by atoms with van der Waals surface area (Å²) in [7, 11) is 0. The minimum absolute atomic E-state index is 0.0165. The number of rotatable bonds is 6. The normalized spacial score (nSPS) is 10.2. The molecule has 1 N–H and O–H groups in total. The predicted octanol–water partition coefficient (Wildman–Crippen LogP) is 4.09. The maximum Gasteiger partial charge on any atom is 0.225 e. The number of carbonyl (C=O) groups excluding carboxylic acids is 1. The van der Waals surface area contributed by atoms with Gasteiger partial charge in [-0.15, -0.1) is 0 Å². The van der Waals surface area contributed by atoms with Crippen molar-refractivity contribution in [1.29, 1.82) is 0 Å². The summed E-state index contributed by atoms with van der Waals surface area (Å²) in [4.78, 5) is 11.7. The first-order valence-corrected chi connectivity index (χ1v) is 7.56. The standard InChI is InChI=1S/C16H16FNOS/c17-14-8-6-13(7-9-14)12-20-11-10-16(19)18-15-4-2-1-3-5-15/h1-9H,10-12H2,(H,18,19). The van der Waals surface area contributed by atoms with Crippen molar-refractivity contribution in [3.05, 3.63) is 66.0 Å². The van der Waals surface area contributed by atoms with Crippen molar-refractivity contribution in [2.75, 3.05) is 11.1 Å². The Bertz CT molecular complexity index is 542. The molecule has 0 saturated heterocycles. The highest BCUT2D eigenvalue weighted by molar-refractivity contribution is 7.98. The van der Waals surface area contributed by atoms with Crippen molar-refractivity contribution in [2.24, 2.45) is 0 Å². The highest BCUT2D eigenvalue weighted by Gasteiger charge is 2.02. The van der Waals surface area contributed by atoms with E-state index in [-0.39, 0.29) is 11.7 Å². The van der Waals surface area contributed by atoms with E-state index in [1.807, 2.05) is 30.3 Å². The van der Waals surface area contributed by atoms with E-state index in [0.29, 0.717) is 6.42 Å². The lowest BCUT2D eigenvalue weighted by atomic mass is 10.2. The SMILES string of the molecule is O=C(CCSCc1ccc(F)cc1)Nc1ccccc1. The van der Waals surface area contributed by atoms with Crippen molar-refractivity contribution in [1.82, 2.24) is 0 Å². The molecular formula is C16H16FNOS. The average Bonchev–Trinajstić information content (AvgIpc) is 2.46. The second kappa shape index (κ2) is 7.70. The summed E-state index contributed by atoms with van der Waals surface area (Å²) >= 11 is 1.67. The molecule has 0 radical (unpaired) electrons. The van der Waals surface area contributed by atoms with Gasteiger partial charge in [0.25, 0.3) is 0 Å². The van der Waals surface area contributed by atoms with Gasteiger partial charge in [0.15, 0.2) is 0 Å². The summed E-state index contributed by atoms with van der Waals surface area (Å²) in [5.41, 5.74) is 1.89. The van der Waals surface area contributed by atoms with Gasteiger partial charge in [-0.05, 0) is 29.8 Å². The van der Waals surface area contributed by atoms with Crippen LogP contribution in [0, 0.1) is 5.82 Å². The molecule has 20 heavy (non-hydrogen) atoms. The fourth-order valence-corrected chi connectivity index (χ4v) is 2.58. The number of carbonyl (C=O) groups is 1. The van der Waals surface area contributed by atoms with Gasteiger partial charge < -0.3 is 5.32 Å². The van der Waals surface area contributed by atoms with Crippen LogP contribution in [0.2, 0.25) is 0 Å². The minimum Gasteiger partial charge on any atom is -0.326 e. The molecule has 0 atom stereocenters. The number of para-hydroxylation sites is 1.